The highest BCUT2D eigenvalue weighted by atomic mass is 32.2. The van der Waals surface area contributed by atoms with E-state index in [1.807, 2.05) is 32.2 Å². The maximum absolute atomic E-state index is 12.0. The number of carbonyl (C=O) groups excluding carboxylic acids is 1. The molecule has 1 heterocycles. The lowest BCUT2D eigenvalue weighted by atomic mass is 10.1. The van der Waals surface area contributed by atoms with Gasteiger partial charge in [-0.2, -0.15) is 0 Å². The molecule has 1 aromatic heterocycles. The number of carbonyl (C=O) groups is 1. The molecule has 6 heteroatoms. The molecule has 0 saturated carbocycles. The van der Waals surface area contributed by atoms with Crippen molar-refractivity contribution >= 4 is 23.4 Å². The number of aryl methyl sites for hydroxylation is 3. The van der Waals surface area contributed by atoms with Gasteiger partial charge in [-0.05, 0) is 24.5 Å². The van der Waals surface area contributed by atoms with Crippen LogP contribution < -0.4 is 5.32 Å². The number of benzene rings is 1. The van der Waals surface area contributed by atoms with Crippen molar-refractivity contribution in [2.45, 2.75) is 25.4 Å². The minimum atomic E-state index is -0.0259. The smallest absolute Gasteiger partial charge is 0.234 e. The highest BCUT2D eigenvalue weighted by Crippen LogP contribution is 2.22. The van der Waals surface area contributed by atoms with Gasteiger partial charge in [0.05, 0.1) is 5.75 Å². The zero-order valence-electron chi connectivity index (χ0n) is 11.9. The number of amides is 1. The summed E-state index contributed by atoms with van der Waals surface area (Å²) in [5.74, 6) is 0.298. The van der Waals surface area contributed by atoms with E-state index in [0.29, 0.717) is 5.75 Å². The molecule has 0 spiro atoms. The van der Waals surface area contributed by atoms with Crippen molar-refractivity contribution in [2.75, 3.05) is 11.1 Å². The van der Waals surface area contributed by atoms with Crippen molar-refractivity contribution in [3.63, 3.8) is 0 Å². The van der Waals surface area contributed by atoms with Gasteiger partial charge in [-0.15, -0.1) is 10.2 Å². The third kappa shape index (κ3) is 3.39. The number of hydrogen-bond acceptors (Lipinski definition) is 4. The van der Waals surface area contributed by atoms with E-state index in [-0.39, 0.29) is 5.91 Å². The fourth-order valence-electron chi connectivity index (χ4n) is 1.91. The van der Waals surface area contributed by atoms with Crippen molar-refractivity contribution in [1.82, 2.24) is 14.8 Å². The average molecular weight is 290 g/mol. The van der Waals surface area contributed by atoms with Crippen LogP contribution >= 0.6 is 11.8 Å². The topological polar surface area (TPSA) is 59.8 Å². The van der Waals surface area contributed by atoms with Gasteiger partial charge in [0.25, 0.3) is 0 Å². The largest absolute Gasteiger partial charge is 0.325 e. The maximum Gasteiger partial charge on any atom is 0.234 e. The van der Waals surface area contributed by atoms with Gasteiger partial charge in [0.15, 0.2) is 5.16 Å². The molecule has 0 saturated heterocycles. The standard InChI is InChI=1S/C14H18N4OS/c1-4-11-7-5-6-10(2)13(11)16-12(19)8-20-14-17-15-9-18(14)3/h5-7,9H,4,8H2,1-3H3,(H,16,19). The van der Waals surface area contributed by atoms with Gasteiger partial charge >= 0.3 is 0 Å². The molecule has 0 unspecified atom stereocenters. The van der Waals surface area contributed by atoms with E-state index < -0.39 is 0 Å². The quantitative estimate of drug-likeness (QED) is 0.859. The van der Waals surface area contributed by atoms with Crippen molar-refractivity contribution in [3.8, 4) is 0 Å². The minimum absolute atomic E-state index is 0.0259. The van der Waals surface area contributed by atoms with Crippen LogP contribution in [-0.4, -0.2) is 26.4 Å². The molecule has 2 aromatic rings. The van der Waals surface area contributed by atoms with Crippen LogP contribution in [0, 0.1) is 6.92 Å². The lowest BCUT2D eigenvalue weighted by Gasteiger charge is -2.12. The van der Waals surface area contributed by atoms with Crippen molar-refractivity contribution in [1.29, 1.82) is 0 Å². The van der Waals surface area contributed by atoms with Crippen LogP contribution in [0.15, 0.2) is 29.7 Å². The van der Waals surface area contributed by atoms with Gasteiger partial charge < -0.3 is 9.88 Å². The maximum atomic E-state index is 12.0. The average Bonchev–Trinajstić information content (AvgIpc) is 2.84. The van der Waals surface area contributed by atoms with E-state index in [9.17, 15) is 4.79 Å². The van der Waals surface area contributed by atoms with Crippen molar-refractivity contribution in [2.24, 2.45) is 7.05 Å². The third-order valence-electron chi connectivity index (χ3n) is 3.01. The van der Waals surface area contributed by atoms with Crippen LogP contribution in [0.1, 0.15) is 18.1 Å². The molecule has 1 N–H and O–H groups in total. The first-order valence-corrected chi connectivity index (χ1v) is 7.45. The number of nitrogens with zero attached hydrogens (tertiary/aromatic N) is 3. The van der Waals surface area contributed by atoms with Gasteiger partial charge in [0.1, 0.15) is 6.33 Å². The lowest BCUT2D eigenvalue weighted by molar-refractivity contribution is -0.113. The second-order valence-electron chi connectivity index (χ2n) is 4.52. The summed E-state index contributed by atoms with van der Waals surface area (Å²) in [6.07, 6.45) is 2.52. The molecular weight excluding hydrogens is 272 g/mol. The molecule has 0 aliphatic heterocycles. The Labute approximate surface area is 122 Å². The highest BCUT2D eigenvalue weighted by Gasteiger charge is 2.10. The van der Waals surface area contributed by atoms with Crippen LogP contribution in [0.5, 0.6) is 0 Å². The Balaban J connectivity index is 2.00. The molecule has 0 aliphatic carbocycles. The summed E-state index contributed by atoms with van der Waals surface area (Å²) >= 11 is 1.38. The van der Waals surface area contributed by atoms with Crippen LogP contribution in [0.3, 0.4) is 0 Å². The Morgan fingerprint density at radius 1 is 1.45 bits per heavy atom. The predicted molar refractivity (Wildman–Crippen MR) is 80.9 cm³/mol. The van der Waals surface area contributed by atoms with Gasteiger partial charge in [-0.1, -0.05) is 36.9 Å². The minimum Gasteiger partial charge on any atom is -0.325 e. The molecule has 0 fully saturated rings. The van der Waals surface area contributed by atoms with E-state index in [4.69, 9.17) is 0 Å². The number of anilines is 1. The summed E-state index contributed by atoms with van der Waals surface area (Å²) in [6.45, 7) is 4.09. The molecule has 0 atom stereocenters. The Bertz CT molecular complexity index is 609. The molecule has 106 valence electrons. The van der Waals surface area contributed by atoms with Gasteiger partial charge in [-0.25, -0.2) is 0 Å². The monoisotopic (exact) mass is 290 g/mol. The SMILES string of the molecule is CCc1cccc(C)c1NC(=O)CSc1nncn1C. The summed E-state index contributed by atoms with van der Waals surface area (Å²) in [4.78, 5) is 12.0. The number of para-hydroxylation sites is 1. The molecule has 20 heavy (non-hydrogen) atoms. The summed E-state index contributed by atoms with van der Waals surface area (Å²) in [7, 11) is 1.86. The second kappa shape index (κ2) is 6.56. The van der Waals surface area contributed by atoms with Crippen LogP contribution in [0.4, 0.5) is 5.69 Å². The van der Waals surface area contributed by atoms with E-state index in [2.05, 4.69) is 22.4 Å². The van der Waals surface area contributed by atoms with E-state index in [0.717, 1.165) is 28.4 Å². The number of aromatic nitrogens is 3. The third-order valence-corrected chi connectivity index (χ3v) is 4.04. The molecule has 1 aromatic carbocycles. The molecular formula is C14H18N4OS. The fourth-order valence-corrected chi connectivity index (χ4v) is 2.60. The number of thioether (sulfide) groups is 1. The normalized spacial score (nSPS) is 10.6. The van der Waals surface area contributed by atoms with Gasteiger partial charge in [-0.3, -0.25) is 4.79 Å². The summed E-state index contributed by atoms with van der Waals surface area (Å²) in [6, 6.07) is 6.06. The number of rotatable bonds is 5. The highest BCUT2D eigenvalue weighted by molar-refractivity contribution is 7.99. The Kier molecular flexibility index (Phi) is 4.79. The molecule has 1 amide bonds. The number of nitrogens with one attached hydrogen (secondary N) is 1. The van der Waals surface area contributed by atoms with E-state index >= 15 is 0 Å². The van der Waals surface area contributed by atoms with Crippen molar-refractivity contribution < 1.29 is 4.79 Å². The first-order valence-electron chi connectivity index (χ1n) is 6.47. The lowest BCUT2D eigenvalue weighted by Crippen LogP contribution is -2.16. The Hall–Kier alpha value is -1.82. The Morgan fingerprint density at radius 3 is 2.90 bits per heavy atom. The molecule has 0 aliphatic rings. The zero-order valence-corrected chi connectivity index (χ0v) is 12.7. The molecule has 2 rings (SSSR count). The van der Waals surface area contributed by atoms with Crippen LogP contribution in [-0.2, 0) is 18.3 Å². The van der Waals surface area contributed by atoms with E-state index in [1.54, 1.807) is 10.9 Å². The first kappa shape index (κ1) is 14.6. The van der Waals surface area contributed by atoms with E-state index in [1.165, 1.54) is 11.8 Å². The fraction of sp³-hybridized carbons (Fsp3) is 0.357. The molecule has 0 radical (unpaired) electrons. The summed E-state index contributed by atoms with van der Waals surface area (Å²) < 4.78 is 1.79. The van der Waals surface area contributed by atoms with Crippen LogP contribution in [0.2, 0.25) is 0 Å². The molecule has 0 bridgehead atoms. The number of hydrogen-bond donors (Lipinski definition) is 1. The van der Waals surface area contributed by atoms with Crippen LogP contribution in [0.25, 0.3) is 0 Å². The van der Waals surface area contributed by atoms with Gasteiger partial charge in [0, 0.05) is 12.7 Å². The Morgan fingerprint density at radius 2 is 2.25 bits per heavy atom. The van der Waals surface area contributed by atoms with Gasteiger partial charge in [0.2, 0.25) is 5.91 Å². The predicted octanol–water partition coefficient (Wildman–Crippen LogP) is 2.42. The first-order chi connectivity index (χ1) is 9.61. The summed E-state index contributed by atoms with van der Waals surface area (Å²) in [5.41, 5.74) is 3.17. The molecule has 5 nitrogen and oxygen atoms in total. The van der Waals surface area contributed by atoms with Crippen molar-refractivity contribution in [3.05, 3.63) is 35.7 Å². The second-order valence-corrected chi connectivity index (χ2v) is 5.47. The summed E-state index contributed by atoms with van der Waals surface area (Å²) in [5, 5.41) is 11.5. The zero-order chi connectivity index (χ0) is 14.5.